The molecule has 0 amide bonds. The van der Waals surface area contributed by atoms with E-state index in [9.17, 15) is 4.79 Å². The number of carbonyl (C=O) groups excluding carboxylic acids is 1. The van der Waals surface area contributed by atoms with E-state index in [1.165, 1.54) is 0 Å². The molecule has 0 saturated heterocycles. The van der Waals surface area contributed by atoms with Gasteiger partial charge in [0.25, 0.3) is 0 Å². The highest BCUT2D eigenvalue weighted by Crippen LogP contribution is 2.25. The second-order valence-electron chi connectivity index (χ2n) is 5.04. The lowest BCUT2D eigenvalue weighted by molar-refractivity contribution is 0.103. The summed E-state index contributed by atoms with van der Waals surface area (Å²) < 4.78 is 5.24. The van der Waals surface area contributed by atoms with Crippen LogP contribution in [-0.4, -0.2) is 17.9 Å². The molecule has 1 heterocycles. The van der Waals surface area contributed by atoms with Crippen LogP contribution in [0.25, 0.3) is 10.8 Å². The number of aromatic nitrogens is 1. The van der Waals surface area contributed by atoms with E-state index in [4.69, 9.17) is 16.3 Å². The molecule has 0 bridgehead atoms. The Labute approximate surface area is 133 Å². The van der Waals surface area contributed by atoms with Crippen LogP contribution in [0.1, 0.15) is 21.7 Å². The molecule has 110 valence electrons. The van der Waals surface area contributed by atoms with E-state index in [0.717, 1.165) is 22.2 Å². The highest BCUT2D eigenvalue weighted by molar-refractivity contribution is 6.30. The Kier molecular flexibility index (Phi) is 3.82. The minimum atomic E-state index is -0.115. The molecule has 0 aliphatic heterocycles. The second-order valence-corrected chi connectivity index (χ2v) is 5.47. The molecule has 0 N–H and O–H groups in total. The maximum atomic E-state index is 12.7. The Morgan fingerprint density at radius 1 is 1.09 bits per heavy atom. The van der Waals surface area contributed by atoms with Crippen LogP contribution >= 0.6 is 11.6 Å². The number of halogens is 1. The maximum absolute atomic E-state index is 12.7. The largest absolute Gasteiger partial charge is 0.497 e. The van der Waals surface area contributed by atoms with Crippen LogP contribution in [0.2, 0.25) is 5.02 Å². The molecule has 3 rings (SSSR count). The fourth-order valence-electron chi connectivity index (χ4n) is 2.41. The molecular weight excluding hydrogens is 298 g/mol. The van der Waals surface area contributed by atoms with E-state index in [1.807, 2.05) is 31.2 Å². The Bertz CT molecular complexity index is 857. The fourth-order valence-corrected chi connectivity index (χ4v) is 2.53. The van der Waals surface area contributed by atoms with Gasteiger partial charge in [-0.3, -0.25) is 4.79 Å². The Hall–Kier alpha value is -2.39. The summed E-state index contributed by atoms with van der Waals surface area (Å²) in [5.41, 5.74) is 1.80. The average Bonchev–Trinajstić information content (AvgIpc) is 2.53. The smallest absolute Gasteiger partial charge is 0.211 e. The molecule has 0 radical (unpaired) electrons. The first-order chi connectivity index (χ1) is 10.6. The third-order valence-electron chi connectivity index (χ3n) is 3.49. The molecule has 3 aromatic rings. The van der Waals surface area contributed by atoms with E-state index in [2.05, 4.69) is 4.98 Å². The molecule has 3 nitrogen and oxygen atoms in total. The number of methoxy groups -OCH3 is 1. The van der Waals surface area contributed by atoms with Gasteiger partial charge in [-0.25, -0.2) is 4.98 Å². The zero-order chi connectivity index (χ0) is 15.7. The summed E-state index contributed by atoms with van der Waals surface area (Å²) in [5, 5.41) is 2.35. The molecule has 0 aliphatic rings. The lowest BCUT2D eigenvalue weighted by Gasteiger charge is -2.08. The van der Waals surface area contributed by atoms with Gasteiger partial charge < -0.3 is 4.74 Å². The van der Waals surface area contributed by atoms with Crippen molar-refractivity contribution in [1.82, 2.24) is 4.98 Å². The van der Waals surface area contributed by atoms with E-state index in [0.29, 0.717) is 16.3 Å². The third-order valence-corrected chi connectivity index (χ3v) is 3.74. The van der Waals surface area contributed by atoms with Gasteiger partial charge in [0.15, 0.2) is 0 Å². The molecule has 0 aliphatic carbocycles. The maximum Gasteiger partial charge on any atom is 0.211 e. The van der Waals surface area contributed by atoms with Gasteiger partial charge in [0.2, 0.25) is 5.78 Å². The lowest BCUT2D eigenvalue weighted by Crippen LogP contribution is -2.06. The molecule has 2 aromatic carbocycles. The summed E-state index contributed by atoms with van der Waals surface area (Å²) in [6, 6.07) is 14.4. The second kappa shape index (κ2) is 5.78. The molecular formula is C18H14ClNO2. The van der Waals surface area contributed by atoms with Gasteiger partial charge in [0.05, 0.1) is 7.11 Å². The summed E-state index contributed by atoms with van der Waals surface area (Å²) in [6.45, 7) is 1.87. The van der Waals surface area contributed by atoms with Crippen molar-refractivity contribution in [3.63, 3.8) is 0 Å². The number of ketones is 1. The van der Waals surface area contributed by atoms with Gasteiger partial charge in [-0.15, -0.1) is 0 Å². The van der Waals surface area contributed by atoms with E-state index in [-0.39, 0.29) is 5.78 Å². The zero-order valence-electron chi connectivity index (χ0n) is 12.3. The zero-order valence-corrected chi connectivity index (χ0v) is 13.0. The Morgan fingerprint density at radius 2 is 1.82 bits per heavy atom. The molecule has 0 unspecified atom stereocenters. The van der Waals surface area contributed by atoms with Crippen LogP contribution in [-0.2, 0) is 0 Å². The molecule has 0 saturated carbocycles. The molecule has 0 spiro atoms. The van der Waals surface area contributed by atoms with Crippen LogP contribution in [0.5, 0.6) is 5.75 Å². The summed E-state index contributed by atoms with van der Waals surface area (Å²) >= 11 is 5.88. The van der Waals surface area contributed by atoms with Crippen molar-refractivity contribution >= 4 is 28.2 Å². The van der Waals surface area contributed by atoms with Gasteiger partial charge in [0, 0.05) is 21.7 Å². The minimum Gasteiger partial charge on any atom is -0.497 e. The third kappa shape index (κ3) is 2.68. The van der Waals surface area contributed by atoms with Crippen LogP contribution < -0.4 is 4.74 Å². The number of fused-ring (bicyclic) bond motifs is 1. The van der Waals surface area contributed by atoms with Crippen molar-refractivity contribution in [2.45, 2.75) is 6.92 Å². The molecule has 0 atom stereocenters. The number of nitrogens with zero attached hydrogens (tertiary/aromatic N) is 1. The number of ether oxygens (including phenoxy) is 1. The quantitative estimate of drug-likeness (QED) is 0.671. The molecule has 1 aromatic heterocycles. The Morgan fingerprint density at radius 3 is 2.50 bits per heavy atom. The molecule has 0 fully saturated rings. The first-order valence-electron chi connectivity index (χ1n) is 6.84. The number of benzene rings is 2. The van der Waals surface area contributed by atoms with E-state index < -0.39 is 0 Å². The molecule has 22 heavy (non-hydrogen) atoms. The first kappa shape index (κ1) is 14.5. The SMILES string of the molecule is COc1ccc2c(C(=O)c3ccc(Cl)cc3)nc(C)cc2c1. The summed E-state index contributed by atoms with van der Waals surface area (Å²) in [5.74, 6) is 0.638. The number of pyridine rings is 1. The molecule has 4 heteroatoms. The predicted octanol–water partition coefficient (Wildman–Crippen LogP) is 4.44. The van der Waals surface area contributed by atoms with Crippen LogP contribution in [0.3, 0.4) is 0 Å². The van der Waals surface area contributed by atoms with Gasteiger partial charge in [-0.2, -0.15) is 0 Å². The summed E-state index contributed by atoms with van der Waals surface area (Å²) in [4.78, 5) is 17.2. The summed E-state index contributed by atoms with van der Waals surface area (Å²) in [6.07, 6.45) is 0. The van der Waals surface area contributed by atoms with Gasteiger partial charge in [-0.05, 0) is 60.8 Å². The van der Waals surface area contributed by atoms with E-state index >= 15 is 0 Å². The number of hydrogen-bond acceptors (Lipinski definition) is 3. The van der Waals surface area contributed by atoms with E-state index in [1.54, 1.807) is 31.4 Å². The van der Waals surface area contributed by atoms with Crippen molar-refractivity contribution < 1.29 is 9.53 Å². The van der Waals surface area contributed by atoms with Crippen molar-refractivity contribution in [3.05, 3.63) is 70.5 Å². The van der Waals surface area contributed by atoms with Gasteiger partial charge in [0.1, 0.15) is 11.4 Å². The monoisotopic (exact) mass is 311 g/mol. The summed E-state index contributed by atoms with van der Waals surface area (Å²) in [7, 11) is 1.62. The normalized spacial score (nSPS) is 10.7. The van der Waals surface area contributed by atoms with Crippen molar-refractivity contribution in [2.24, 2.45) is 0 Å². The first-order valence-corrected chi connectivity index (χ1v) is 7.22. The predicted molar refractivity (Wildman–Crippen MR) is 87.9 cm³/mol. The number of carbonyl (C=O) groups is 1. The fraction of sp³-hybridized carbons (Fsp3) is 0.111. The topological polar surface area (TPSA) is 39.2 Å². The number of hydrogen-bond donors (Lipinski definition) is 0. The van der Waals surface area contributed by atoms with Crippen LogP contribution in [0.4, 0.5) is 0 Å². The highest BCUT2D eigenvalue weighted by Gasteiger charge is 2.15. The van der Waals surface area contributed by atoms with Gasteiger partial charge in [-0.1, -0.05) is 11.6 Å². The standard InChI is InChI=1S/C18H14ClNO2/c1-11-9-13-10-15(22-2)7-8-16(13)17(20-11)18(21)12-3-5-14(19)6-4-12/h3-10H,1-2H3. The number of aryl methyl sites for hydroxylation is 1. The van der Waals surface area contributed by atoms with Crippen molar-refractivity contribution in [1.29, 1.82) is 0 Å². The minimum absolute atomic E-state index is 0.115. The lowest BCUT2D eigenvalue weighted by atomic mass is 10.0. The average molecular weight is 312 g/mol. The van der Waals surface area contributed by atoms with Crippen molar-refractivity contribution in [2.75, 3.05) is 7.11 Å². The van der Waals surface area contributed by atoms with Crippen LogP contribution in [0.15, 0.2) is 48.5 Å². The van der Waals surface area contributed by atoms with Crippen molar-refractivity contribution in [3.8, 4) is 5.75 Å². The number of rotatable bonds is 3. The van der Waals surface area contributed by atoms with Crippen LogP contribution in [0, 0.1) is 6.92 Å². The Balaban J connectivity index is 2.17. The van der Waals surface area contributed by atoms with Gasteiger partial charge >= 0.3 is 0 Å². The highest BCUT2D eigenvalue weighted by atomic mass is 35.5.